The Morgan fingerprint density at radius 1 is 1.04 bits per heavy atom. The topological polar surface area (TPSA) is 74.8 Å². The first-order chi connectivity index (χ1) is 11.7. The SMILES string of the molecule is CCCN(CCC)C(=O)CCN(c1cccc(C(C)=O)c1)S(C)(=O)=O. The van der Waals surface area contributed by atoms with Gasteiger partial charge in [-0.25, -0.2) is 8.42 Å². The van der Waals surface area contributed by atoms with Crippen molar-refractivity contribution in [2.45, 2.75) is 40.0 Å². The van der Waals surface area contributed by atoms with Crippen molar-refractivity contribution in [1.82, 2.24) is 4.90 Å². The number of rotatable bonds is 10. The van der Waals surface area contributed by atoms with E-state index in [1.54, 1.807) is 29.2 Å². The summed E-state index contributed by atoms with van der Waals surface area (Å²) in [6.07, 6.45) is 2.94. The van der Waals surface area contributed by atoms with Crippen LogP contribution < -0.4 is 4.31 Å². The van der Waals surface area contributed by atoms with Gasteiger partial charge in [0.1, 0.15) is 0 Å². The average molecular weight is 368 g/mol. The maximum atomic E-state index is 12.4. The zero-order chi connectivity index (χ0) is 19.0. The van der Waals surface area contributed by atoms with Gasteiger partial charge >= 0.3 is 0 Å². The number of nitrogens with zero attached hydrogens (tertiary/aromatic N) is 2. The molecule has 1 rings (SSSR count). The van der Waals surface area contributed by atoms with Gasteiger partial charge in [0.2, 0.25) is 15.9 Å². The van der Waals surface area contributed by atoms with E-state index in [0.29, 0.717) is 24.3 Å². The minimum Gasteiger partial charge on any atom is -0.343 e. The minimum absolute atomic E-state index is 0.0555. The Kier molecular flexibility index (Phi) is 8.09. The Morgan fingerprint density at radius 3 is 2.12 bits per heavy atom. The molecule has 6 nitrogen and oxygen atoms in total. The molecule has 7 heteroatoms. The maximum Gasteiger partial charge on any atom is 0.232 e. The molecular formula is C18H28N2O4S. The highest BCUT2D eigenvalue weighted by Gasteiger charge is 2.21. The second-order valence-corrected chi connectivity index (χ2v) is 7.98. The lowest BCUT2D eigenvalue weighted by atomic mass is 10.1. The third kappa shape index (κ3) is 6.49. The van der Waals surface area contributed by atoms with Crippen LogP contribution in [0, 0.1) is 0 Å². The summed E-state index contributed by atoms with van der Waals surface area (Å²) in [5.41, 5.74) is 0.844. The number of hydrogen-bond acceptors (Lipinski definition) is 4. The summed E-state index contributed by atoms with van der Waals surface area (Å²) in [7, 11) is -3.56. The highest BCUT2D eigenvalue weighted by atomic mass is 32.2. The number of hydrogen-bond donors (Lipinski definition) is 0. The van der Waals surface area contributed by atoms with Crippen molar-refractivity contribution in [2.75, 3.05) is 30.2 Å². The Balaban J connectivity index is 2.97. The molecule has 0 aliphatic carbocycles. The van der Waals surface area contributed by atoms with Crippen molar-refractivity contribution >= 4 is 27.4 Å². The second kappa shape index (κ2) is 9.56. The van der Waals surface area contributed by atoms with Gasteiger partial charge in [-0.05, 0) is 31.9 Å². The highest BCUT2D eigenvalue weighted by Crippen LogP contribution is 2.20. The normalized spacial score (nSPS) is 11.2. The van der Waals surface area contributed by atoms with Crippen molar-refractivity contribution in [1.29, 1.82) is 0 Å². The molecule has 25 heavy (non-hydrogen) atoms. The van der Waals surface area contributed by atoms with Crippen molar-refractivity contribution in [3.05, 3.63) is 29.8 Å². The largest absolute Gasteiger partial charge is 0.343 e. The van der Waals surface area contributed by atoms with Crippen LogP contribution in [0.3, 0.4) is 0 Å². The molecule has 0 aromatic heterocycles. The number of ketones is 1. The zero-order valence-corrected chi connectivity index (χ0v) is 16.3. The fourth-order valence-corrected chi connectivity index (χ4v) is 3.54. The molecule has 0 N–H and O–H groups in total. The molecule has 0 saturated carbocycles. The molecule has 0 heterocycles. The van der Waals surface area contributed by atoms with E-state index in [-0.39, 0.29) is 24.7 Å². The Morgan fingerprint density at radius 2 is 1.64 bits per heavy atom. The first-order valence-corrected chi connectivity index (χ1v) is 10.4. The van der Waals surface area contributed by atoms with Crippen molar-refractivity contribution in [2.24, 2.45) is 0 Å². The molecule has 1 amide bonds. The van der Waals surface area contributed by atoms with E-state index in [1.165, 1.54) is 11.2 Å². The number of Topliss-reactive ketones (excluding diaryl/α,β-unsaturated/α-hetero) is 1. The quantitative estimate of drug-likeness (QED) is 0.595. The van der Waals surface area contributed by atoms with Gasteiger partial charge in [0.15, 0.2) is 5.78 Å². The fraction of sp³-hybridized carbons (Fsp3) is 0.556. The van der Waals surface area contributed by atoms with Gasteiger partial charge in [-0.15, -0.1) is 0 Å². The van der Waals surface area contributed by atoms with Gasteiger partial charge in [-0.1, -0.05) is 26.0 Å². The van der Waals surface area contributed by atoms with E-state index in [9.17, 15) is 18.0 Å². The minimum atomic E-state index is -3.56. The third-order valence-electron chi connectivity index (χ3n) is 3.81. The maximum absolute atomic E-state index is 12.4. The number of carbonyl (C=O) groups is 2. The molecule has 0 aliphatic rings. The predicted octanol–water partition coefficient (Wildman–Crippen LogP) is 2.69. The van der Waals surface area contributed by atoms with Crippen LogP contribution in [0.4, 0.5) is 5.69 Å². The van der Waals surface area contributed by atoms with Crippen molar-refractivity contribution in [3.63, 3.8) is 0 Å². The number of anilines is 1. The molecule has 1 aromatic carbocycles. The molecular weight excluding hydrogens is 340 g/mol. The predicted molar refractivity (Wildman–Crippen MR) is 100 cm³/mol. The summed E-state index contributed by atoms with van der Waals surface area (Å²) >= 11 is 0. The number of amides is 1. The molecule has 0 bridgehead atoms. The van der Waals surface area contributed by atoms with Gasteiger partial charge in [0.05, 0.1) is 11.9 Å². The summed E-state index contributed by atoms with van der Waals surface area (Å²) in [5, 5.41) is 0. The first kappa shape index (κ1) is 21.2. The van der Waals surface area contributed by atoms with E-state index in [0.717, 1.165) is 19.1 Å². The summed E-state index contributed by atoms with van der Waals surface area (Å²) in [6, 6.07) is 6.46. The molecule has 0 aliphatic heterocycles. The van der Waals surface area contributed by atoms with Gasteiger partial charge in [-0.3, -0.25) is 13.9 Å². The zero-order valence-electron chi connectivity index (χ0n) is 15.5. The molecule has 0 radical (unpaired) electrons. The van der Waals surface area contributed by atoms with Crippen LogP contribution in [-0.4, -0.2) is 50.9 Å². The average Bonchev–Trinajstić information content (AvgIpc) is 2.53. The summed E-state index contributed by atoms with van der Waals surface area (Å²) in [6.45, 7) is 6.85. The van der Waals surface area contributed by atoms with Crippen LogP contribution in [0.1, 0.15) is 50.4 Å². The first-order valence-electron chi connectivity index (χ1n) is 8.57. The van der Waals surface area contributed by atoms with Crippen LogP contribution in [0.15, 0.2) is 24.3 Å². The van der Waals surface area contributed by atoms with Crippen LogP contribution in [-0.2, 0) is 14.8 Å². The van der Waals surface area contributed by atoms with E-state index >= 15 is 0 Å². The summed E-state index contributed by atoms with van der Waals surface area (Å²) < 4.78 is 25.5. The molecule has 1 aromatic rings. The Labute approximate surface area is 150 Å². The van der Waals surface area contributed by atoms with Gasteiger partial charge in [-0.2, -0.15) is 0 Å². The van der Waals surface area contributed by atoms with Crippen LogP contribution in [0.5, 0.6) is 0 Å². The molecule has 140 valence electrons. The Hall–Kier alpha value is -1.89. The van der Waals surface area contributed by atoms with E-state index < -0.39 is 10.0 Å². The molecule has 0 spiro atoms. The molecule has 0 atom stereocenters. The van der Waals surface area contributed by atoms with E-state index in [2.05, 4.69) is 0 Å². The lowest BCUT2D eigenvalue weighted by Gasteiger charge is -2.25. The smallest absolute Gasteiger partial charge is 0.232 e. The van der Waals surface area contributed by atoms with E-state index in [1.807, 2.05) is 13.8 Å². The number of benzene rings is 1. The van der Waals surface area contributed by atoms with Gasteiger partial charge < -0.3 is 4.90 Å². The lowest BCUT2D eigenvalue weighted by Crippen LogP contribution is -2.37. The van der Waals surface area contributed by atoms with Crippen molar-refractivity contribution < 1.29 is 18.0 Å². The van der Waals surface area contributed by atoms with Crippen molar-refractivity contribution in [3.8, 4) is 0 Å². The highest BCUT2D eigenvalue weighted by molar-refractivity contribution is 7.92. The number of sulfonamides is 1. The summed E-state index contributed by atoms with van der Waals surface area (Å²) in [4.78, 5) is 25.7. The summed E-state index contributed by atoms with van der Waals surface area (Å²) in [5.74, 6) is -0.191. The monoisotopic (exact) mass is 368 g/mol. The lowest BCUT2D eigenvalue weighted by molar-refractivity contribution is -0.131. The molecule has 0 fully saturated rings. The van der Waals surface area contributed by atoms with Gasteiger partial charge in [0.25, 0.3) is 0 Å². The second-order valence-electron chi connectivity index (χ2n) is 6.07. The number of carbonyl (C=O) groups excluding carboxylic acids is 2. The third-order valence-corrected chi connectivity index (χ3v) is 5.00. The van der Waals surface area contributed by atoms with Gasteiger partial charge in [0, 0.05) is 31.6 Å². The van der Waals surface area contributed by atoms with Crippen LogP contribution >= 0.6 is 0 Å². The van der Waals surface area contributed by atoms with E-state index in [4.69, 9.17) is 0 Å². The fourth-order valence-electron chi connectivity index (χ4n) is 2.62. The molecule has 0 saturated heterocycles. The standard InChI is InChI=1S/C18H28N2O4S/c1-5-11-19(12-6-2)18(22)10-13-20(25(4,23)24)17-9-7-8-16(14-17)15(3)21/h7-9,14H,5-6,10-13H2,1-4H3. The Bertz CT molecular complexity index is 695. The van der Waals surface area contributed by atoms with Crippen LogP contribution in [0.25, 0.3) is 0 Å². The van der Waals surface area contributed by atoms with Crippen LogP contribution in [0.2, 0.25) is 0 Å². The molecule has 0 unspecified atom stereocenters.